The van der Waals surface area contributed by atoms with Crippen LogP contribution < -0.4 is 0 Å². The van der Waals surface area contributed by atoms with E-state index < -0.39 is 35.7 Å². The number of quaternary nitrogens is 1. The maximum Gasteiger partial charge on any atom is 0.312 e. The number of unbranched alkanes of at least 4 members (excludes halogenated alkanes) is 17. The first-order valence-electron chi connectivity index (χ1n) is 18.3. The van der Waals surface area contributed by atoms with E-state index in [1.807, 2.05) is 26.8 Å². The fourth-order valence-corrected chi connectivity index (χ4v) is 6.40. The molecule has 0 heterocycles. The van der Waals surface area contributed by atoms with Crippen molar-refractivity contribution >= 4 is 17.9 Å². The lowest BCUT2D eigenvalue weighted by Crippen LogP contribution is -2.58. The number of allylic oxidation sites excluding steroid dienone is 1. The molecule has 0 amide bonds. The predicted octanol–water partition coefficient (Wildman–Crippen LogP) is 9.73. The van der Waals surface area contributed by atoms with Gasteiger partial charge in [0, 0.05) is 0 Å². The number of aliphatic carboxylic acids is 3. The second-order valence-electron chi connectivity index (χ2n) is 13.3. The van der Waals surface area contributed by atoms with Crippen LogP contribution in [0.25, 0.3) is 0 Å². The van der Waals surface area contributed by atoms with Gasteiger partial charge in [-0.2, -0.15) is 0 Å². The molecule has 0 aromatic rings. The van der Waals surface area contributed by atoms with Crippen molar-refractivity contribution in [3.8, 4) is 0 Å². The Bertz CT molecular complexity index is 707. The van der Waals surface area contributed by atoms with Gasteiger partial charge >= 0.3 is 17.9 Å². The van der Waals surface area contributed by atoms with Crippen LogP contribution in [-0.4, -0.2) is 63.9 Å². The van der Waals surface area contributed by atoms with Gasteiger partial charge in [-0.15, -0.1) is 0 Å². The van der Waals surface area contributed by atoms with Crippen LogP contribution in [0.5, 0.6) is 0 Å². The van der Waals surface area contributed by atoms with Crippen LogP contribution in [-0.2, 0) is 14.4 Å². The van der Waals surface area contributed by atoms with E-state index in [0.717, 1.165) is 12.8 Å². The molecule has 0 saturated carbocycles. The fourth-order valence-electron chi connectivity index (χ4n) is 6.40. The van der Waals surface area contributed by atoms with E-state index in [1.54, 1.807) is 0 Å². The van der Waals surface area contributed by atoms with Gasteiger partial charge in [-0.3, -0.25) is 14.4 Å². The Labute approximate surface area is 270 Å². The third-order valence-corrected chi connectivity index (χ3v) is 9.48. The van der Waals surface area contributed by atoms with Crippen LogP contribution in [0.2, 0.25) is 0 Å². The second kappa shape index (κ2) is 27.4. The Balaban J connectivity index is 4.63. The van der Waals surface area contributed by atoms with Gasteiger partial charge in [0.05, 0.1) is 26.2 Å². The number of hydrogen-bond donors (Lipinski definition) is 3. The van der Waals surface area contributed by atoms with Crippen LogP contribution in [0.15, 0.2) is 12.2 Å². The van der Waals surface area contributed by atoms with Crippen molar-refractivity contribution in [1.82, 2.24) is 0 Å². The smallest absolute Gasteiger partial charge is 0.312 e. The molecule has 0 spiro atoms. The summed E-state index contributed by atoms with van der Waals surface area (Å²) in [5.41, 5.74) is 0. The van der Waals surface area contributed by atoms with Crippen LogP contribution >= 0.6 is 0 Å². The van der Waals surface area contributed by atoms with Gasteiger partial charge < -0.3 is 19.8 Å². The number of carbonyl (C=O) groups is 3. The lowest BCUT2D eigenvalue weighted by Gasteiger charge is -2.42. The minimum absolute atomic E-state index is 0.177. The van der Waals surface area contributed by atoms with E-state index in [1.165, 1.54) is 103 Å². The monoisotopic (exact) mass is 625 g/mol. The number of carboxylic acid groups (broad SMARTS) is 3. The molecule has 0 fully saturated rings. The summed E-state index contributed by atoms with van der Waals surface area (Å²) in [5, 5.41) is 29.5. The Kier molecular flexibility index (Phi) is 26.2. The van der Waals surface area contributed by atoms with Crippen molar-refractivity contribution in [3.63, 3.8) is 0 Å². The summed E-state index contributed by atoms with van der Waals surface area (Å²) >= 11 is 0. The summed E-state index contributed by atoms with van der Waals surface area (Å²) in [4.78, 5) is 36.0. The van der Waals surface area contributed by atoms with Gasteiger partial charge in [0.25, 0.3) is 0 Å². The van der Waals surface area contributed by atoms with E-state index in [-0.39, 0.29) is 24.1 Å². The zero-order chi connectivity index (χ0) is 33.1. The molecule has 0 aliphatic carbocycles. The zero-order valence-electron chi connectivity index (χ0n) is 29.1. The van der Waals surface area contributed by atoms with Gasteiger partial charge in [-0.1, -0.05) is 137 Å². The molecule has 3 unspecified atom stereocenters. The Morgan fingerprint density at radius 1 is 0.477 bits per heavy atom. The van der Waals surface area contributed by atoms with Crippen LogP contribution in [0.1, 0.15) is 163 Å². The third-order valence-electron chi connectivity index (χ3n) is 9.48. The molecule has 7 nitrogen and oxygen atoms in total. The number of rotatable bonds is 32. The SMILES string of the molecule is CCCCCCCCCCCCCCCCCCC/C=C/C[N+](CC(CC)C(=O)O)(CC(CC)C(=O)O)CC(CC)C(=O)O. The minimum atomic E-state index is -0.908. The predicted molar refractivity (Wildman–Crippen MR) is 182 cm³/mol. The first-order valence-corrected chi connectivity index (χ1v) is 18.3. The number of carboxylic acids is 3. The fraction of sp³-hybridized carbons (Fsp3) is 0.865. The number of hydrogen-bond acceptors (Lipinski definition) is 3. The molecule has 3 atom stereocenters. The van der Waals surface area contributed by atoms with E-state index >= 15 is 0 Å². The summed E-state index contributed by atoms with van der Waals surface area (Å²) in [6, 6.07) is 0. The van der Waals surface area contributed by atoms with Gasteiger partial charge in [0.15, 0.2) is 0 Å². The highest BCUT2D eigenvalue weighted by Crippen LogP contribution is 2.24. The van der Waals surface area contributed by atoms with Crippen LogP contribution in [0.3, 0.4) is 0 Å². The maximum atomic E-state index is 12.0. The van der Waals surface area contributed by atoms with Crippen molar-refractivity contribution in [2.45, 2.75) is 163 Å². The normalized spacial score (nSPS) is 15.2. The molecule has 0 radical (unpaired) electrons. The van der Waals surface area contributed by atoms with E-state index in [9.17, 15) is 29.7 Å². The van der Waals surface area contributed by atoms with Crippen molar-refractivity contribution in [1.29, 1.82) is 0 Å². The lowest BCUT2D eigenvalue weighted by molar-refractivity contribution is -0.929. The summed E-state index contributed by atoms with van der Waals surface area (Å²) in [5.74, 6) is -4.67. The summed E-state index contributed by atoms with van der Waals surface area (Å²) in [7, 11) is 0. The molecule has 7 heteroatoms. The molecule has 0 rings (SSSR count). The van der Waals surface area contributed by atoms with Crippen molar-refractivity contribution < 1.29 is 34.2 Å². The molecular formula is C37H70NO6+. The minimum Gasteiger partial charge on any atom is -0.481 e. The zero-order valence-corrected chi connectivity index (χ0v) is 29.1. The highest BCUT2D eigenvalue weighted by molar-refractivity contribution is 5.71. The highest BCUT2D eigenvalue weighted by atomic mass is 16.4. The average Bonchev–Trinajstić information content (AvgIpc) is 2.99. The Morgan fingerprint density at radius 3 is 1.05 bits per heavy atom. The van der Waals surface area contributed by atoms with Gasteiger partial charge in [0.1, 0.15) is 17.8 Å². The molecule has 0 saturated heterocycles. The molecule has 44 heavy (non-hydrogen) atoms. The molecule has 0 aliphatic rings. The molecule has 258 valence electrons. The summed E-state index contributed by atoms with van der Waals surface area (Å²) < 4.78 is 0.177. The molecular weight excluding hydrogens is 554 g/mol. The number of nitrogens with zero attached hydrogens (tertiary/aromatic N) is 1. The topological polar surface area (TPSA) is 112 Å². The summed E-state index contributed by atoms with van der Waals surface area (Å²) in [6.07, 6.45) is 29.2. The first kappa shape index (κ1) is 42.1. The van der Waals surface area contributed by atoms with Gasteiger partial charge in [0.2, 0.25) is 0 Å². The summed E-state index contributed by atoms with van der Waals surface area (Å²) in [6.45, 7) is 8.91. The highest BCUT2D eigenvalue weighted by Gasteiger charge is 2.39. The molecule has 3 N–H and O–H groups in total. The third kappa shape index (κ3) is 21.0. The maximum absolute atomic E-state index is 12.0. The molecule has 0 aromatic carbocycles. The van der Waals surface area contributed by atoms with Crippen molar-refractivity contribution in [3.05, 3.63) is 12.2 Å². The Hall–Kier alpha value is -1.89. The van der Waals surface area contributed by atoms with E-state index in [0.29, 0.717) is 25.8 Å². The van der Waals surface area contributed by atoms with Gasteiger partial charge in [-0.05, 0) is 38.2 Å². The molecule has 0 aromatic heterocycles. The Morgan fingerprint density at radius 2 is 0.773 bits per heavy atom. The first-order chi connectivity index (χ1) is 21.2. The second-order valence-corrected chi connectivity index (χ2v) is 13.3. The van der Waals surface area contributed by atoms with Crippen molar-refractivity contribution in [2.75, 3.05) is 26.2 Å². The largest absolute Gasteiger partial charge is 0.481 e. The molecule has 0 bridgehead atoms. The van der Waals surface area contributed by atoms with E-state index in [2.05, 4.69) is 13.0 Å². The van der Waals surface area contributed by atoms with Crippen LogP contribution in [0, 0.1) is 17.8 Å². The van der Waals surface area contributed by atoms with E-state index in [4.69, 9.17) is 0 Å². The standard InChI is InChI=1S/C37H69NO6/c1-5-9-10-11-12-13-14-15-16-17-18-19-20-21-22-23-24-25-26-27-28-38(29-32(6-2)35(39)40,30-33(7-3)36(41)42)31-34(8-4)37(43)44/h26-27,32-34H,5-25,28-31H2,1-4H3,(H2-,39,40,41,42,43,44)/p+1/b27-26+. The van der Waals surface area contributed by atoms with Crippen LogP contribution in [0.4, 0.5) is 0 Å². The molecule has 0 aliphatic heterocycles. The lowest BCUT2D eigenvalue weighted by atomic mass is 9.96. The van der Waals surface area contributed by atoms with Gasteiger partial charge in [-0.25, -0.2) is 0 Å². The van der Waals surface area contributed by atoms with Crippen molar-refractivity contribution in [2.24, 2.45) is 17.8 Å². The average molecular weight is 625 g/mol. The quantitative estimate of drug-likeness (QED) is 0.0390.